The van der Waals surface area contributed by atoms with Gasteiger partial charge in [0.1, 0.15) is 23.1 Å². The normalized spacial score (nSPS) is 22.3. The summed E-state index contributed by atoms with van der Waals surface area (Å²) in [4.78, 5) is 10.5. The van der Waals surface area contributed by atoms with Crippen LogP contribution in [0.2, 0.25) is 0 Å². The van der Waals surface area contributed by atoms with Crippen molar-refractivity contribution in [2.45, 2.75) is 57.8 Å². The molecule has 2 rings (SSSR count). The number of nitrogens with one attached hydrogen (secondary N) is 1. The number of nitrogens with zero attached hydrogens (tertiary/aromatic N) is 1. The van der Waals surface area contributed by atoms with Crippen LogP contribution < -0.4 is 15.8 Å². The van der Waals surface area contributed by atoms with E-state index in [1.54, 1.807) is 13.8 Å². The van der Waals surface area contributed by atoms with E-state index in [-0.39, 0.29) is 17.4 Å². The highest BCUT2D eigenvalue weighted by atomic mass is 16.6. The number of hydrogen-bond acceptors (Lipinski definition) is 6. The Kier molecular flexibility index (Phi) is 5.11. The molecule has 0 spiro atoms. The third kappa shape index (κ3) is 3.56. The summed E-state index contributed by atoms with van der Waals surface area (Å²) in [5.74, 6) is 0.397. The predicted octanol–water partition coefficient (Wildman–Crippen LogP) is 2.53. The zero-order chi connectivity index (χ0) is 17.2. The van der Waals surface area contributed by atoms with Crippen molar-refractivity contribution < 1.29 is 14.8 Å². The first-order valence-corrected chi connectivity index (χ1v) is 7.96. The van der Waals surface area contributed by atoms with Gasteiger partial charge in [0, 0.05) is 5.56 Å². The predicted molar refractivity (Wildman–Crippen MR) is 88.5 cm³/mol. The number of benzene rings is 1. The van der Waals surface area contributed by atoms with Crippen molar-refractivity contribution in [3.63, 3.8) is 0 Å². The number of fused-ring (bicyclic) bond motifs is 1. The molecule has 0 unspecified atom stereocenters. The van der Waals surface area contributed by atoms with Gasteiger partial charge < -0.3 is 20.9 Å². The SMILES string of the molecule is CCCCCN[C@H]1c2cc(N)c([N+](=O)[O-])cc2OC(C)(C)[C@@H]1O. The summed E-state index contributed by atoms with van der Waals surface area (Å²) < 4.78 is 5.79. The molecule has 23 heavy (non-hydrogen) atoms. The summed E-state index contributed by atoms with van der Waals surface area (Å²) in [5, 5.41) is 25.0. The van der Waals surface area contributed by atoms with E-state index in [9.17, 15) is 15.2 Å². The second-order valence-electron chi connectivity index (χ2n) is 6.50. The molecule has 0 saturated heterocycles. The van der Waals surface area contributed by atoms with E-state index in [1.807, 2.05) is 0 Å². The first kappa shape index (κ1) is 17.5. The van der Waals surface area contributed by atoms with Crippen molar-refractivity contribution >= 4 is 11.4 Å². The van der Waals surface area contributed by atoms with E-state index >= 15 is 0 Å². The molecule has 1 heterocycles. The van der Waals surface area contributed by atoms with Crippen LogP contribution in [0.25, 0.3) is 0 Å². The lowest BCUT2D eigenvalue weighted by atomic mass is 9.86. The monoisotopic (exact) mass is 323 g/mol. The van der Waals surface area contributed by atoms with Crippen molar-refractivity contribution in [3.05, 3.63) is 27.8 Å². The smallest absolute Gasteiger partial charge is 0.295 e. The highest BCUT2D eigenvalue weighted by Crippen LogP contribution is 2.43. The van der Waals surface area contributed by atoms with Crippen LogP contribution in [0, 0.1) is 10.1 Å². The number of unbranched alkanes of at least 4 members (excludes halogenated alkanes) is 2. The minimum absolute atomic E-state index is 0.0737. The van der Waals surface area contributed by atoms with Gasteiger partial charge in [-0.25, -0.2) is 0 Å². The highest BCUT2D eigenvalue weighted by Gasteiger charge is 2.43. The van der Waals surface area contributed by atoms with Gasteiger partial charge in [-0.1, -0.05) is 19.8 Å². The molecule has 0 aliphatic carbocycles. The summed E-state index contributed by atoms with van der Waals surface area (Å²) >= 11 is 0. The van der Waals surface area contributed by atoms with E-state index in [0.29, 0.717) is 11.3 Å². The zero-order valence-electron chi connectivity index (χ0n) is 13.8. The molecule has 1 aliphatic heterocycles. The molecule has 7 heteroatoms. The molecular weight excluding hydrogens is 298 g/mol. The van der Waals surface area contributed by atoms with Crippen LogP contribution in [0.5, 0.6) is 5.75 Å². The van der Waals surface area contributed by atoms with Crippen LogP contribution in [-0.4, -0.2) is 28.3 Å². The van der Waals surface area contributed by atoms with E-state index in [0.717, 1.165) is 25.8 Å². The number of nitro groups is 1. The number of aliphatic hydroxyl groups excluding tert-OH is 1. The van der Waals surface area contributed by atoms with Crippen LogP contribution >= 0.6 is 0 Å². The Morgan fingerprint density at radius 3 is 2.74 bits per heavy atom. The molecule has 0 amide bonds. The van der Waals surface area contributed by atoms with Gasteiger partial charge in [-0.2, -0.15) is 0 Å². The molecule has 0 bridgehead atoms. The lowest BCUT2D eigenvalue weighted by molar-refractivity contribution is -0.384. The van der Waals surface area contributed by atoms with Crippen molar-refractivity contribution in [1.82, 2.24) is 5.32 Å². The lowest BCUT2D eigenvalue weighted by Gasteiger charge is -2.42. The molecule has 0 saturated carbocycles. The maximum Gasteiger partial charge on any atom is 0.295 e. The Morgan fingerprint density at radius 1 is 1.43 bits per heavy atom. The van der Waals surface area contributed by atoms with Gasteiger partial charge in [0.15, 0.2) is 0 Å². The largest absolute Gasteiger partial charge is 0.484 e. The van der Waals surface area contributed by atoms with E-state index in [2.05, 4.69) is 12.2 Å². The molecule has 7 nitrogen and oxygen atoms in total. The van der Waals surface area contributed by atoms with Gasteiger partial charge in [-0.15, -0.1) is 0 Å². The maximum absolute atomic E-state index is 11.1. The third-order valence-electron chi connectivity index (χ3n) is 4.24. The number of nitro benzene ring substituents is 1. The number of nitrogens with two attached hydrogens (primary N) is 1. The van der Waals surface area contributed by atoms with Crippen molar-refractivity contribution in [2.75, 3.05) is 12.3 Å². The van der Waals surface area contributed by atoms with E-state index in [1.165, 1.54) is 12.1 Å². The molecule has 1 aromatic carbocycles. The van der Waals surface area contributed by atoms with E-state index < -0.39 is 16.6 Å². The molecule has 0 radical (unpaired) electrons. The number of ether oxygens (including phenoxy) is 1. The fourth-order valence-corrected chi connectivity index (χ4v) is 2.86. The molecule has 0 aromatic heterocycles. The van der Waals surface area contributed by atoms with Crippen LogP contribution in [0.15, 0.2) is 12.1 Å². The molecular formula is C16H25N3O4. The second-order valence-corrected chi connectivity index (χ2v) is 6.50. The zero-order valence-corrected chi connectivity index (χ0v) is 13.8. The Balaban J connectivity index is 2.35. The number of rotatable bonds is 6. The Morgan fingerprint density at radius 2 is 2.13 bits per heavy atom. The summed E-state index contributed by atoms with van der Waals surface area (Å²) in [7, 11) is 0. The Hall–Kier alpha value is -1.86. The van der Waals surface area contributed by atoms with Gasteiger partial charge >= 0.3 is 0 Å². The quantitative estimate of drug-likeness (QED) is 0.321. The second kappa shape index (κ2) is 6.72. The molecule has 2 atom stereocenters. The number of hydrogen-bond donors (Lipinski definition) is 3. The standard InChI is InChI=1S/C16H25N3O4/c1-4-5-6-7-18-14-10-8-11(17)12(19(21)22)9-13(10)23-16(2,3)15(14)20/h8-9,14-15,18,20H,4-7,17H2,1-3H3/t14-,15+/m0/s1. The summed E-state index contributed by atoms with van der Waals surface area (Å²) in [6.07, 6.45) is 2.43. The van der Waals surface area contributed by atoms with Crippen LogP contribution in [0.3, 0.4) is 0 Å². The van der Waals surface area contributed by atoms with Crippen molar-refractivity contribution in [3.8, 4) is 5.75 Å². The van der Waals surface area contributed by atoms with Crippen LogP contribution in [-0.2, 0) is 0 Å². The van der Waals surface area contributed by atoms with Crippen LogP contribution in [0.1, 0.15) is 51.6 Å². The topological polar surface area (TPSA) is 111 Å². The minimum atomic E-state index is -0.848. The lowest BCUT2D eigenvalue weighted by Crippen LogP contribution is -2.52. The van der Waals surface area contributed by atoms with Gasteiger partial charge in [0.2, 0.25) is 0 Å². The Bertz CT molecular complexity index is 589. The summed E-state index contributed by atoms with van der Waals surface area (Å²) in [6.45, 7) is 6.41. The van der Waals surface area contributed by atoms with Crippen LogP contribution in [0.4, 0.5) is 11.4 Å². The number of aliphatic hydroxyl groups is 1. The number of nitrogen functional groups attached to an aromatic ring is 1. The van der Waals surface area contributed by atoms with Gasteiger partial charge in [-0.3, -0.25) is 10.1 Å². The fraction of sp³-hybridized carbons (Fsp3) is 0.625. The fourth-order valence-electron chi connectivity index (χ4n) is 2.86. The van der Waals surface area contributed by atoms with Gasteiger partial charge in [0.25, 0.3) is 5.69 Å². The molecule has 1 aromatic rings. The maximum atomic E-state index is 11.1. The molecule has 128 valence electrons. The Labute approximate surface area is 136 Å². The average Bonchev–Trinajstić information content (AvgIpc) is 2.47. The summed E-state index contributed by atoms with van der Waals surface area (Å²) in [5.41, 5.74) is 5.50. The molecule has 4 N–H and O–H groups in total. The van der Waals surface area contributed by atoms with E-state index in [4.69, 9.17) is 10.5 Å². The third-order valence-corrected chi connectivity index (χ3v) is 4.24. The van der Waals surface area contributed by atoms with Gasteiger partial charge in [-0.05, 0) is 32.9 Å². The average molecular weight is 323 g/mol. The number of anilines is 1. The first-order chi connectivity index (χ1) is 10.8. The summed E-state index contributed by atoms with van der Waals surface area (Å²) in [6, 6.07) is 2.51. The van der Waals surface area contributed by atoms with Crippen molar-refractivity contribution in [1.29, 1.82) is 0 Å². The molecule has 1 aliphatic rings. The minimum Gasteiger partial charge on any atom is -0.484 e. The van der Waals surface area contributed by atoms with Crippen molar-refractivity contribution in [2.24, 2.45) is 0 Å². The van der Waals surface area contributed by atoms with Gasteiger partial charge in [0.05, 0.1) is 17.0 Å². The molecule has 0 fully saturated rings. The highest BCUT2D eigenvalue weighted by molar-refractivity contribution is 5.65. The first-order valence-electron chi connectivity index (χ1n) is 7.96.